The number of benzene rings is 1. The third kappa shape index (κ3) is 3.19. The number of hydrogen-bond acceptors (Lipinski definition) is 3. The molecule has 0 aliphatic carbocycles. The average molecular weight is 276 g/mol. The van der Waals surface area contributed by atoms with Gasteiger partial charge in [0.05, 0.1) is 12.6 Å². The lowest BCUT2D eigenvalue weighted by Crippen LogP contribution is -2.50. The fourth-order valence-corrected chi connectivity index (χ4v) is 2.91. The van der Waals surface area contributed by atoms with Crippen molar-refractivity contribution in [1.82, 2.24) is 5.32 Å². The fourth-order valence-electron chi connectivity index (χ4n) is 2.91. The van der Waals surface area contributed by atoms with E-state index in [9.17, 15) is 9.90 Å². The van der Waals surface area contributed by atoms with E-state index in [4.69, 9.17) is 0 Å². The summed E-state index contributed by atoms with van der Waals surface area (Å²) in [6.45, 7) is 5.24. The van der Waals surface area contributed by atoms with Crippen LogP contribution in [-0.4, -0.2) is 36.8 Å². The molecule has 1 aliphatic rings. The lowest BCUT2D eigenvalue weighted by molar-refractivity contribution is -0.121. The highest BCUT2D eigenvalue weighted by Crippen LogP contribution is 2.26. The second kappa shape index (κ2) is 6.86. The summed E-state index contributed by atoms with van der Waals surface area (Å²) in [5.74, 6) is 0.0798. The third-order valence-corrected chi connectivity index (χ3v) is 3.91. The van der Waals surface area contributed by atoms with Crippen molar-refractivity contribution in [2.45, 2.75) is 39.2 Å². The van der Waals surface area contributed by atoms with Crippen LogP contribution in [0.15, 0.2) is 18.2 Å². The Morgan fingerprint density at radius 3 is 2.60 bits per heavy atom. The first-order chi connectivity index (χ1) is 9.65. The highest BCUT2D eigenvalue weighted by molar-refractivity contribution is 5.98. The van der Waals surface area contributed by atoms with E-state index in [1.807, 2.05) is 32.0 Å². The molecule has 1 amide bonds. The van der Waals surface area contributed by atoms with Crippen molar-refractivity contribution in [2.75, 3.05) is 24.6 Å². The number of anilines is 1. The number of carbonyl (C=O) groups excluding carboxylic acids is 1. The number of hydrogen-bond donors (Lipinski definition) is 2. The molecule has 0 aromatic heterocycles. The number of amides is 1. The molecule has 20 heavy (non-hydrogen) atoms. The van der Waals surface area contributed by atoms with Gasteiger partial charge >= 0.3 is 0 Å². The van der Waals surface area contributed by atoms with Gasteiger partial charge in [-0.15, -0.1) is 0 Å². The van der Waals surface area contributed by atoms with Gasteiger partial charge in [0, 0.05) is 12.2 Å². The molecule has 2 rings (SSSR count). The van der Waals surface area contributed by atoms with Crippen LogP contribution in [0.1, 0.15) is 30.4 Å². The molecule has 0 radical (unpaired) electrons. The normalized spacial score (nSPS) is 18.9. The van der Waals surface area contributed by atoms with Gasteiger partial charge in [-0.3, -0.25) is 4.79 Å². The smallest absolute Gasteiger partial charge is 0.244 e. The number of aliphatic hydroxyl groups is 1. The molecular weight excluding hydrogens is 252 g/mol. The lowest BCUT2D eigenvalue weighted by atomic mass is 10.0. The molecule has 1 saturated heterocycles. The number of nitrogens with zero attached hydrogens (tertiary/aromatic N) is 1. The molecule has 4 nitrogen and oxygen atoms in total. The van der Waals surface area contributed by atoms with E-state index < -0.39 is 0 Å². The molecule has 1 aliphatic heterocycles. The molecule has 1 atom stereocenters. The van der Waals surface area contributed by atoms with Crippen molar-refractivity contribution in [3.63, 3.8) is 0 Å². The van der Waals surface area contributed by atoms with Crippen LogP contribution >= 0.6 is 0 Å². The first-order valence-corrected chi connectivity index (χ1v) is 7.37. The number of aryl methyl sites for hydroxylation is 2. The van der Waals surface area contributed by atoms with Gasteiger partial charge in [0.25, 0.3) is 0 Å². The first kappa shape index (κ1) is 15.0. The predicted octanol–water partition coefficient (Wildman–Crippen LogP) is 1.77. The van der Waals surface area contributed by atoms with Crippen LogP contribution in [-0.2, 0) is 4.79 Å². The Kier molecular flexibility index (Phi) is 5.15. The van der Waals surface area contributed by atoms with Crippen molar-refractivity contribution in [1.29, 1.82) is 0 Å². The van der Waals surface area contributed by atoms with Crippen LogP contribution in [0.4, 0.5) is 5.69 Å². The maximum absolute atomic E-state index is 12.7. The molecule has 1 fully saturated rings. The Morgan fingerprint density at radius 2 is 2.05 bits per heavy atom. The highest BCUT2D eigenvalue weighted by Gasteiger charge is 2.27. The first-order valence-electron chi connectivity index (χ1n) is 7.37. The highest BCUT2D eigenvalue weighted by atomic mass is 16.3. The van der Waals surface area contributed by atoms with Crippen molar-refractivity contribution in [3.05, 3.63) is 29.3 Å². The Morgan fingerprint density at radius 1 is 1.35 bits per heavy atom. The number of carbonyl (C=O) groups is 1. The molecule has 1 unspecified atom stereocenters. The molecule has 110 valence electrons. The van der Waals surface area contributed by atoms with E-state index in [1.54, 1.807) is 4.90 Å². The topological polar surface area (TPSA) is 52.6 Å². The third-order valence-electron chi connectivity index (χ3n) is 3.91. The predicted molar refractivity (Wildman–Crippen MR) is 81.0 cm³/mol. The number of para-hydroxylation sites is 1. The molecule has 2 N–H and O–H groups in total. The van der Waals surface area contributed by atoms with Crippen LogP contribution in [0.2, 0.25) is 0 Å². The quantitative estimate of drug-likeness (QED) is 0.881. The fraction of sp³-hybridized carbons (Fsp3) is 0.562. The van der Waals surface area contributed by atoms with Crippen LogP contribution < -0.4 is 10.2 Å². The van der Waals surface area contributed by atoms with Crippen molar-refractivity contribution in [2.24, 2.45) is 0 Å². The Balaban J connectivity index is 2.28. The standard InChI is InChI=1S/C16H24N2O2/c1-12-6-5-7-13(2)15(12)18(10-11-19)16(20)14-8-3-4-9-17-14/h5-7,14,17,19H,3-4,8-11H2,1-2H3. The Labute approximate surface area is 120 Å². The van der Waals surface area contributed by atoms with Gasteiger partial charge in [0.2, 0.25) is 5.91 Å². The number of aliphatic hydroxyl groups excluding tert-OH is 1. The van der Waals surface area contributed by atoms with Crippen molar-refractivity contribution in [3.8, 4) is 0 Å². The zero-order chi connectivity index (χ0) is 14.5. The largest absolute Gasteiger partial charge is 0.395 e. The van der Waals surface area contributed by atoms with Gasteiger partial charge in [-0.05, 0) is 44.4 Å². The zero-order valence-corrected chi connectivity index (χ0v) is 12.4. The molecule has 0 spiro atoms. The van der Waals surface area contributed by atoms with Crippen molar-refractivity contribution < 1.29 is 9.90 Å². The maximum Gasteiger partial charge on any atom is 0.244 e. The van der Waals surface area contributed by atoms with Crippen molar-refractivity contribution >= 4 is 11.6 Å². The summed E-state index contributed by atoms with van der Waals surface area (Å²) in [6, 6.07) is 5.89. The van der Waals surface area contributed by atoms with Crippen LogP contribution in [0.3, 0.4) is 0 Å². The zero-order valence-electron chi connectivity index (χ0n) is 12.4. The molecule has 0 saturated carbocycles. The van der Waals surface area contributed by atoms with Gasteiger partial charge < -0.3 is 15.3 Å². The lowest BCUT2D eigenvalue weighted by Gasteiger charge is -2.31. The van der Waals surface area contributed by atoms with Crippen LogP contribution in [0.5, 0.6) is 0 Å². The molecule has 1 aromatic rings. The van der Waals surface area contributed by atoms with Gasteiger partial charge in [-0.1, -0.05) is 24.6 Å². The van der Waals surface area contributed by atoms with E-state index in [1.165, 1.54) is 0 Å². The SMILES string of the molecule is Cc1cccc(C)c1N(CCO)C(=O)C1CCCCN1. The number of nitrogens with one attached hydrogen (secondary N) is 1. The summed E-state index contributed by atoms with van der Waals surface area (Å²) in [5.41, 5.74) is 3.09. The van der Waals surface area contributed by atoms with Gasteiger partial charge in [0.1, 0.15) is 0 Å². The summed E-state index contributed by atoms with van der Waals surface area (Å²) in [6.07, 6.45) is 3.10. The van der Waals surface area contributed by atoms with E-state index in [0.29, 0.717) is 6.54 Å². The summed E-state index contributed by atoms with van der Waals surface area (Å²) < 4.78 is 0. The minimum Gasteiger partial charge on any atom is -0.395 e. The minimum atomic E-state index is -0.116. The Hall–Kier alpha value is -1.39. The van der Waals surface area contributed by atoms with Gasteiger partial charge in [-0.25, -0.2) is 0 Å². The minimum absolute atomic E-state index is 0.0216. The average Bonchev–Trinajstić information content (AvgIpc) is 2.46. The van der Waals surface area contributed by atoms with E-state index in [0.717, 1.165) is 42.6 Å². The number of piperidine rings is 1. The van der Waals surface area contributed by atoms with Gasteiger partial charge in [-0.2, -0.15) is 0 Å². The van der Waals surface area contributed by atoms with Crippen LogP contribution in [0.25, 0.3) is 0 Å². The summed E-state index contributed by atoms with van der Waals surface area (Å²) in [7, 11) is 0. The van der Waals surface area contributed by atoms with E-state index >= 15 is 0 Å². The van der Waals surface area contributed by atoms with E-state index in [-0.39, 0.29) is 18.6 Å². The second-order valence-corrected chi connectivity index (χ2v) is 5.46. The Bertz CT molecular complexity index is 447. The summed E-state index contributed by atoms with van der Waals surface area (Å²) >= 11 is 0. The monoisotopic (exact) mass is 276 g/mol. The molecule has 1 heterocycles. The summed E-state index contributed by atoms with van der Waals surface area (Å²) in [5, 5.41) is 12.6. The van der Waals surface area contributed by atoms with Crippen LogP contribution in [0, 0.1) is 13.8 Å². The second-order valence-electron chi connectivity index (χ2n) is 5.46. The number of rotatable bonds is 4. The molecule has 4 heteroatoms. The molecule has 1 aromatic carbocycles. The maximum atomic E-state index is 12.7. The van der Waals surface area contributed by atoms with E-state index in [2.05, 4.69) is 5.32 Å². The van der Waals surface area contributed by atoms with Gasteiger partial charge in [0.15, 0.2) is 0 Å². The molecular formula is C16H24N2O2. The molecule has 0 bridgehead atoms. The summed E-state index contributed by atoms with van der Waals surface area (Å²) in [4.78, 5) is 14.5.